The van der Waals surface area contributed by atoms with Crippen LogP contribution in [0.4, 0.5) is 0 Å². The fourth-order valence-corrected chi connectivity index (χ4v) is 4.11. The van der Waals surface area contributed by atoms with E-state index in [2.05, 4.69) is 86.2 Å². The van der Waals surface area contributed by atoms with Gasteiger partial charge in [-0.3, -0.25) is 4.90 Å². The Kier molecular flexibility index (Phi) is 6.56. The Morgan fingerprint density at radius 3 is 2.39 bits per heavy atom. The number of likely N-dealkylation sites (tertiary alicyclic amines) is 1. The van der Waals surface area contributed by atoms with E-state index in [4.69, 9.17) is 4.52 Å². The van der Waals surface area contributed by atoms with Gasteiger partial charge in [0.05, 0.1) is 6.04 Å². The van der Waals surface area contributed by atoms with Gasteiger partial charge in [-0.1, -0.05) is 64.0 Å². The van der Waals surface area contributed by atoms with Crippen LogP contribution < -0.4 is 5.32 Å². The van der Waals surface area contributed by atoms with Crippen molar-refractivity contribution in [2.24, 2.45) is 11.8 Å². The van der Waals surface area contributed by atoms with Crippen molar-refractivity contribution in [2.75, 3.05) is 13.1 Å². The lowest BCUT2D eigenvalue weighted by atomic mass is 9.91. The maximum Gasteiger partial charge on any atom is 0.243 e. The third kappa shape index (κ3) is 5.42. The van der Waals surface area contributed by atoms with Crippen molar-refractivity contribution in [1.82, 2.24) is 20.4 Å². The lowest BCUT2D eigenvalue weighted by Crippen LogP contribution is -2.38. The average Bonchev–Trinajstić information content (AvgIpc) is 3.10. The van der Waals surface area contributed by atoms with Gasteiger partial charge in [0, 0.05) is 31.6 Å². The van der Waals surface area contributed by atoms with Crippen molar-refractivity contribution >= 4 is 0 Å². The molecule has 0 spiro atoms. The van der Waals surface area contributed by atoms with Crippen LogP contribution in [-0.2, 0) is 18.5 Å². The summed E-state index contributed by atoms with van der Waals surface area (Å²) >= 11 is 0. The van der Waals surface area contributed by atoms with Crippen LogP contribution >= 0.6 is 0 Å². The second-order valence-corrected chi connectivity index (χ2v) is 9.72. The van der Waals surface area contributed by atoms with Crippen molar-refractivity contribution < 1.29 is 4.52 Å². The van der Waals surface area contributed by atoms with Gasteiger partial charge in [-0.05, 0) is 36.3 Å². The van der Waals surface area contributed by atoms with E-state index in [1.54, 1.807) is 0 Å². The Labute approximate surface area is 169 Å². The first kappa shape index (κ1) is 21.0. The van der Waals surface area contributed by atoms with Gasteiger partial charge in [-0.25, -0.2) is 0 Å². The number of hydrogen-bond donors (Lipinski definition) is 1. The first-order valence-electron chi connectivity index (χ1n) is 10.6. The van der Waals surface area contributed by atoms with Gasteiger partial charge >= 0.3 is 0 Å². The molecule has 1 aliphatic heterocycles. The van der Waals surface area contributed by atoms with Crippen LogP contribution in [-0.4, -0.2) is 28.1 Å². The number of aromatic nitrogens is 2. The Hall–Kier alpha value is -1.72. The van der Waals surface area contributed by atoms with Gasteiger partial charge in [0.25, 0.3) is 0 Å². The summed E-state index contributed by atoms with van der Waals surface area (Å²) in [5.74, 6) is 2.97. The second-order valence-electron chi connectivity index (χ2n) is 9.72. The van der Waals surface area contributed by atoms with Gasteiger partial charge in [-0.2, -0.15) is 4.98 Å². The predicted molar refractivity (Wildman–Crippen MR) is 113 cm³/mol. The number of nitrogens with zero attached hydrogens (tertiary/aromatic N) is 3. The summed E-state index contributed by atoms with van der Waals surface area (Å²) in [5.41, 5.74) is 2.65. The SMILES string of the molecule is CC1CC(C)CN(Cc2ccccc2CNC(C)c2nc(C(C)(C)C)no2)C1. The largest absolute Gasteiger partial charge is 0.338 e. The molecule has 2 heterocycles. The van der Waals surface area contributed by atoms with Crippen LogP contribution in [0.3, 0.4) is 0 Å². The fraction of sp³-hybridized carbons (Fsp3) is 0.652. The van der Waals surface area contributed by atoms with E-state index >= 15 is 0 Å². The van der Waals surface area contributed by atoms with E-state index in [-0.39, 0.29) is 11.5 Å². The summed E-state index contributed by atoms with van der Waals surface area (Å²) in [6, 6.07) is 8.77. The van der Waals surface area contributed by atoms with Gasteiger partial charge < -0.3 is 9.84 Å². The molecule has 1 saturated heterocycles. The highest BCUT2D eigenvalue weighted by Crippen LogP contribution is 2.24. The highest BCUT2D eigenvalue weighted by Gasteiger charge is 2.24. The van der Waals surface area contributed by atoms with Crippen molar-refractivity contribution in [3.63, 3.8) is 0 Å². The minimum absolute atomic E-state index is 0.0201. The van der Waals surface area contributed by atoms with Crippen molar-refractivity contribution in [3.8, 4) is 0 Å². The Balaban J connectivity index is 1.62. The number of nitrogens with one attached hydrogen (secondary N) is 1. The molecule has 0 radical (unpaired) electrons. The average molecular weight is 385 g/mol. The lowest BCUT2D eigenvalue weighted by Gasteiger charge is -2.35. The molecule has 1 aromatic heterocycles. The van der Waals surface area contributed by atoms with Gasteiger partial charge in [-0.15, -0.1) is 0 Å². The zero-order valence-corrected chi connectivity index (χ0v) is 18.3. The van der Waals surface area contributed by atoms with Crippen molar-refractivity contribution in [1.29, 1.82) is 0 Å². The van der Waals surface area contributed by atoms with E-state index in [9.17, 15) is 0 Å². The zero-order valence-electron chi connectivity index (χ0n) is 18.3. The van der Waals surface area contributed by atoms with Crippen molar-refractivity contribution in [2.45, 2.75) is 72.5 Å². The van der Waals surface area contributed by atoms with E-state index < -0.39 is 0 Å². The summed E-state index contributed by atoms with van der Waals surface area (Å²) in [7, 11) is 0. The molecule has 1 N–H and O–H groups in total. The molecule has 28 heavy (non-hydrogen) atoms. The molecule has 0 amide bonds. The van der Waals surface area contributed by atoms with Gasteiger partial charge in [0.15, 0.2) is 5.82 Å². The van der Waals surface area contributed by atoms with Crippen LogP contribution in [0.15, 0.2) is 28.8 Å². The van der Waals surface area contributed by atoms with Crippen molar-refractivity contribution in [3.05, 3.63) is 47.1 Å². The molecule has 3 atom stereocenters. The molecule has 5 heteroatoms. The quantitative estimate of drug-likeness (QED) is 0.782. The molecule has 0 bridgehead atoms. The monoisotopic (exact) mass is 384 g/mol. The molecule has 1 aromatic carbocycles. The third-order valence-electron chi connectivity index (χ3n) is 5.54. The zero-order chi connectivity index (χ0) is 20.3. The first-order chi connectivity index (χ1) is 13.2. The number of rotatable bonds is 6. The number of piperidine rings is 1. The Bertz CT molecular complexity index is 754. The molecule has 2 aromatic rings. The highest BCUT2D eigenvalue weighted by molar-refractivity contribution is 5.27. The summed E-state index contributed by atoms with van der Waals surface area (Å²) < 4.78 is 5.48. The summed E-state index contributed by atoms with van der Waals surface area (Å²) in [6.45, 7) is 17.3. The smallest absolute Gasteiger partial charge is 0.243 e. The molecular formula is C23H36N4O. The molecule has 3 unspecified atom stereocenters. The maximum absolute atomic E-state index is 5.48. The highest BCUT2D eigenvalue weighted by atomic mass is 16.5. The molecule has 5 nitrogen and oxygen atoms in total. The molecule has 1 fully saturated rings. The topological polar surface area (TPSA) is 54.2 Å². The number of benzene rings is 1. The van der Waals surface area contributed by atoms with Crippen LogP contribution in [0.2, 0.25) is 0 Å². The summed E-state index contributed by atoms with van der Waals surface area (Å²) in [5, 5.41) is 7.70. The Morgan fingerprint density at radius 1 is 1.14 bits per heavy atom. The summed E-state index contributed by atoms with van der Waals surface area (Å²) in [4.78, 5) is 7.18. The van der Waals surface area contributed by atoms with Gasteiger partial charge in [0.1, 0.15) is 0 Å². The van der Waals surface area contributed by atoms with Crippen LogP contribution in [0.1, 0.15) is 76.8 Å². The van der Waals surface area contributed by atoms with Crippen LogP contribution in [0.5, 0.6) is 0 Å². The second kappa shape index (κ2) is 8.75. The van der Waals surface area contributed by atoms with E-state index in [1.807, 2.05) is 0 Å². The molecular weight excluding hydrogens is 348 g/mol. The first-order valence-corrected chi connectivity index (χ1v) is 10.6. The van der Waals surface area contributed by atoms with E-state index in [1.165, 1.54) is 30.6 Å². The maximum atomic E-state index is 5.48. The van der Waals surface area contributed by atoms with Gasteiger partial charge in [0.2, 0.25) is 5.89 Å². The van der Waals surface area contributed by atoms with Crippen LogP contribution in [0.25, 0.3) is 0 Å². The standard InChI is InChI=1S/C23H36N4O/c1-16-11-17(2)14-27(13-16)15-20-10-8-7-9-19(20)12-24-18(3)21-25-22(26-28-21)23(4,5)6/h7-10,16-18,24H,11-15H2,1-6H3. The molecule has 3 rings (SSSR count). The molecule has 154 valence electrons. The predicted octanol–water partition coefficient (Wildman–Crippen LogP) is 4.70. The summed E-state index contributed by atoms with van der Waals surface area (Å²) in [6.07, 6.45) is 1.35. The molecule has 0 aliphatic carbocycles. The lowest BCUT2D eigenvalue weighted by molar-refractivity contribution is 0.134. The van der Waals surface area contributed by atoms with E-state index in [0.717, 1.165) is 30.7 Å². The number of hydrogen-bond acceptors (Lipinski definition) is 5. The van der Waals surface area contributed by atoms with E-state index in [0.29, 0.717) is 5.89 Å². The fourth-order valence-electron chi connectivity index (χ4n) is 4.11. The van der Waals surface area contributed by atoms with Crippen LogP contribution in [0, 0.1) is 11.8 Å². The molecule has 1 aliphatic rings. The minimum Gasteiger partial charge on any atom is -0.338 e. The minimum atomic E-state index is -0.100. The Morgan fingerprint density at radius 2 is 1.79 bits per heavy atom. The normalized spacial score (nSPS) is 22.4. The molecule has 0 saturated carbocycles. The third-order valence-corrected chi connectivity index (χ3v) is 5.54.